The summed E-state index contributed by atoms with van der Waals surface area (Å²) in [6.07, 6.45) is 1.60. The zero-order valence-corrected chi connectivity index (χ0v) is 15.1. The summed E-state index contributed by atoms with van der Waals surface area (Å²) in [5, 5.41) is 0.179. The lowest BCUT2D eigenvalue weighted by Crippen LogP contribution is -2.43. The summed E-state index contributed by atoms with van der Waals surface area (Å²) < 4.78 is 21.7. The van der Waals surface area contributed by atoms with Crippen LogP contribution in [0.3, 0.4) is 0 Å². The third-order valence-corrected chi connectivity index (χ3v) is 9.11. The van der Waals surface area contributed by atoms with E-state index in [9.17, 15) is 4.21 Å². The Bertz CT molecular complexity index is 327. The Hall–Kier alpha value is -0.00312. The highest BCUT2D eigenvalue weighted by Gasteiger charge is 2.38. The Morgan fingerprint density at radius 3 is 1.94 bits per heavy atom. The first kappa shape index (κ1) is 18.0. The maximum atomic E-state index is 11.8. The van der Waals surface area contributed by atoms with Crippen molar-refractivity contribution in [3.63, 3.8) is 0 Å². The predicted octanol–water partition coefficient (Wildman–Crippen LogP) is 3.93. The van der Waals surface area contributed by atoms with E-state index in [1.54, 1.807) is 6.21 Å². The van der Waals surface area contributed by atoms with Crippen LogP contribution in [-0.4, -0.2) is 29.6 Å². The van der Waals surface area contributed by atoms with E-state index in [0.717, 1.165) is 0 Å². The van der Waals surface area contributed by atoms with E-state index in [4.69, 9.17) is 4.43 Å². The molecule has 0 rings (SSSR count). The second kappa shape index (κ2) is 5.97. The van der Waals surface area contributed by atoms with Crippen molar-refractivity contribution in [2.45, 2.75) is 77.4 Å². The Kier molecular flexibility index (Phi) is 5.97. The van der Waals surface area contributed by atoms with E-state index in [1.165, 1.54) is 0 Å². The van der Waals surface area contributed by atoms with Crippen LogP contribution >= 0.6 is 0 Å². The second-order valence-corrected chi connectivity index (χ2v) is 13.9. The van der Waals surface area contributed by atoms with Gasteiger partial charge < -0.3 is 4.43 Å². The van der Waals surface area contributed by atoms with Crippen LogP contribution in [0.1, 0.15) is 48.5 Å². The third kappa shape index (κ3) is 5.76. The molecule has 0 aromatic heterocycles. The first-order chi connectivity index (χ1) is 7.77. The van der Waals surface area contributed by atoms with Crippen LogP contribution in [0.4, 0.5) is 0 Å². The van der Waals surface area contributed by atoms with Crippen LogP contribution in [-0.2, 0) is 15.4 Å². The van der Waals surface area contributed by atoms with Gasteiger partial charge in [0.25, 0.3) is 0 Å². The standard InChI is InChI=1S/C13H29NO2SSi/c1-11(10-14-17(15)12(2,3)4)16-18(8,9)13(5,6)7/h10-11H,1-9H3. The summed E-state index contributed by atoms with van der Waals surface area (Å²) in [4.78, 5) is 0. The van der Waals surface area contributed by atoms with Gasteiger partial charge in [0.15, 0.2) is 8.32 Å². The van der Waals surface area contributed by atoms with Gasteiger partial charge >= 0.3 is 0 Å². The summed E-state index contributed by atoms with van der Waals surface area (Å²) >= 11 is 0. The van der Waals surface area contributed by atoms with Gasteiger partial charge in [0.1, 0.15) is 11.0 Å². The van der Waals surface area contributed by atoms with Crippen molar-refractivity contribution >= 4 is 25.5 Å². The lowest BCUT2D eigenvalue weighted by atomic mass is 10.2. The third-order valence-electron chi connectivity index (χ3n) is 3.18. The highest BCUT2D eigenvalue weighted by atomic mass is 32.2. The molecule has 0 spiro atoms. The minimum atomic E-state index is -1.78. The largest absolute Gasteiger partial charge is 0.409 e. The molecule has 0 aromatic carbocycles. The SMILES string of the molecule is CC(C=NS(=O)C(C)(C)C)O[Si](C)(C)C(C)(C)C. The van der Waals surface area contributed by atoms with Crippen molar-refractivity contribution in [1.82, 2.24) is 0 Å². The van der Waals surface area contributed by atoms with Crippen molar-refractivity contribution in [1.29, 1.82) is 0 Å². The van der Waals surface area contributed by atoms with Gasteiger partial charge in [0.2, 0.25) is 0 Å². The number of hydrogen-bond acceptors (Lipinski definition) is 2. The molecule has 3 nitrogen and oxygen atoms in total. The first-order valence-electron chi connectivity index (χ1n) is 6.41. The quantitative estimate of drug-likeness (QED) is 0.581. The minimum Gasteiger partial charge on any atom is -0.409 e. The maximum Gasteiger partial charge on any atom is 0.192 e. The maximum absolute atomic E-state index is 11.8. The van der Waals surface area contributed by atoms with Crippen LogP contribution in [0, 0.1) is 0 Å². The zero-order valence-electron chi connectivity index (χ0n) is 13.3. The molecule has 108 valence electrons. The Balaban J connectivity index is 4.59. The molecule has 2 atom stereocenters. The smallest absolute Gasteiger partial charge is 0.192 e. The second-order valence-electron chi connectivity index (χ2n) is 7.20. The molecule has 18 heavy (non-hydrogen) atoms. The van der Waals surface area contributed by atoms with Crippen molar-refractivity contribution < 1.29 is 8.63 Å². The topological polar surface area (TPSA) is 38.7 Å². The van der Waals surface area contributed by atoms with Gasteiger partial charge in [-0.2, -0.15) is 4.40 Å². The van der Waals surface area contributed by atoms with E-state index in [0.29, 0.717) is 0 Å². The van der Waals surface area contributed by atoms with Gasteiger partial charge in [-0.25, -0.2) is 4.21 Å². The van der Waals surface area contributed by atoms with Gasteiger partial charge in [-0.3, -0.25) is 0 Å². The molecule has 2 unspecified atom stereocenters. The number of rotatable bonds is 4. The monoisotopic (exact) mass is 291 g/mol. The van der Waals surface area contributed by atoms with Crippen molar-refractivity contribution in [2.24, 2.45) is 4.40 Å². The Labute approximate surface area is 116 Å². The summed E-state index contributed by atoms with van der Waals surface area (Å²) in [6.45, 7) is 18.7. The average Bonchev–Trinajstić information content (AvgIpc) is 2.09. The highest BCUT2D eigenvalue weighted by molar-refractivity contribution is 7.85. The van der Waals surface area contributed by atoms with Crippen LogP contribution in [0.15, 0.2) is 4.40 Å². The molecular formula is C13H29NO2SSi. The number of nitrogens with zero attached hydrogens (tertiary/aromatic N) is 1. The summed E-state index contributed by atoms with van der Waals surface area (Å²) in [7, 11) is -2.98. The average molecular weight is 292 g/mol. The minimum absolute atomic E-state index is 0.0859. The molecule has 0 fully saturated rings. The molecule has 0 aliphatic rings. The number of hydrogen-bond donors (Lipinski definition) is 0. The summed E-state index contributed by atoms with van der Waals surface area (Å²) in [5.74, 6) is 0. The van der Waals surface area contributed by atoms with Gasteiger partial charge in [0, 0.05) is 6.21 Å². The van der Waals surface area contributed by atoms with E-state index in [2.05, 4.69) is 38.3 Å². The van der Waals surface area contributed by atoms with E-state index >= 15 is 0 Å². The zero-order chi connectivity index (χ0) is 14.8. The normalized spacial score (nSPS) is 18.1. The lowest BCUT2D eigenvalue weighted by molar-refractivity contribution is 0.264. The lowest BCUT2D eigenvalue weighted by Gasteiger charge is -2.37. The van der Waals surface area contributed by atoms with Crippen LogP contribution in [0.2, 0.25) is 18.1 Å². The van der Waals surface area contributed by atoms with E-state index in [-0.39, 0.29) is 15.9 Å². The summed E-state index contributed by atoms with van der Waals surface area (Å²) in [5.41, 5.74) is 0. The molecular weight excluding hydrogens is 262 g/mol. The van der Waals surface area contributed by atoms with Gasteiger partial charge in [-0.15, -0.1) is 0 Å². The molecule has 0 amide bonds. The molecule has 0 saturated heterocycles. The fraction of sp³-hybridized carbons (Fsp3) is 0.923. The van der Waals surface area contributed by atoms with E-state index < -0.39 is 19.3 Å². The Morgan fingerprint density at radius 1 is 1.17 bits per heavy atom. The molecule has 0 radical (unpaired) electrons. The predicted molar refractivity (Wildman–Crippen MR) is 84.1 cm³/mol. The van der Waals surface area contributed by atoms with Crippen molar-refractivity contribution in [3.8, 4) is 0 Å². The van der Waals surface area contributed by atoms with Crippen LogP contribution < -0.4 is 0 Å². The molecule has 0 aromatic rings. The molecule has 0 aliphatic carbocycles. The fourth-order valence-electron chi connectivity index (χ4n) is 0.971. The fourth-order valence-corrected chi connectivity index (χ4v) is 2.91. The molecule has 5 heteroatoms. The van der Waals surface area contributed by atoms with Crippen molar-refractivity contribution in [2.75, 3.05) is 0 Å². The first-order valence-corrected chi connectivity index (χ1v) is 10.4. The van der Waals surface area contributed by atoms with E-state index in [1.807, 2.05) is 27.7 Å². The van der Waals surface area contributed by atoms with Gasteiger partial charge in [-0.1, -0.05) is 20.8 Å². The van der Waals surface area contributed by atoms with Gasteiger partial charge in [0.05, 0.1) is 10.9 Å². The highest BCUT2D eigenvalue weighted by Crippen LogP contribution is 2.37. The molecule has 0 heterocycles. The summed E-state index contributed by atoms with van der Waals surface area (Å²) in [6, 6.07) is 0. The molecule has 0 bridgehead atoms. The molecule has 0 saturated carbocycles. The Morgan fingerprint density at radius 2 is 1.61 bits per heavy atom. The van der Waals surface area contributed by atoms with Gasteiger partial charge in [-0.05, 0) is 45.8 Å². The van der Waals surface area contributed by atoms with Crippen molar-refractivity contribution in [3.05, 3.63) is 0 Å². The van der Waals surface area contributed by atoms with Crippen LogP contribution in [0.5, 0.6) is 0 Å². The molecule has 0 aliphatic heterocycles. The molecule has 0 N–H and O–H groups in total. The van der Waals surface area contributed by atoms with Crippen LogP contribution in [0.25, 0.3) is 0 Å².